The summed E-state index contributed by atoms with van der Waals surface area (Å²) < 4.78 is 17.2. The van der Waals surface area contributed by atoms with Crippen molar-refractivity contribution in [3.63, 3.8) is 0 Å². The maximum absolute atomic E-state index is 13.9. The van der Waals surface area contributed by atoms with Crippen LogP contribution in [0.2, 0.25) is 5.02 Å². The molecule has 0 saturated heterocycles. The lowest BCUT2D eigenvalue weighted by Gasteiger charge is -2.06. The number of hydrogen-bond donors (Lipinski definition) is 1. The minimum absolute atomic E-state index is 0.0390. The van der Waals surface area contributed by atoms with Gasteiger partial charge >= 0.3 is 5.82 Å². The summed E-state index contributed by atoms with van der Waals surface area (Å²) in [6.45, 7) is 0.264. The van der Waals surface area contributed by atoms with Gasteiger partial charge in [0.05, 0.1) is 34.9 Å². The van der Waals surface area contributed by atoms with Crippen LogP contribution < -0.4 is 5.32 Å². The molecule has 0 aliphatic carbocycles. The predicted octanol–water partition coefficient (Wildman–Crippen LogP) is 3.62. The third-order valence-corrected chi connectivity index (χ3v) is 4.67. The summed E-state index contributed by atoms with van der Waals surface area (Å²) >= 11 is 9.31. The molecule has 0 aliphatic rings. The Bertz CT molecular complexity index is 1020. The number of rotatable bonds is 7. The summed E-state index contributed by atoms with van der Waals surface area (Å²) in [7, 11) is 0. The summed E-state index contributed by atoms with van der Waals surface area (Å²) in [5.41, 5.74) is 0.289. The Hall–Kier alpha value is -2.79. The Kier molecular flexibility index (Phi) is 6.05. The van der Waals surface area contributed by atoms with Crippen LogP contribution in [0.15, 0.2) is 41.1 Å². The van der Waals surface area contributed by atoms with Crippen molar-refractivity contribution in [2.75, 3.05) is 5.32 Å². The number of hydrogen-bond acceptors (Lipinski definition) is 5. The molecule has 1 amide bonds. The zero-order valence-electron chi connectivity index (χ0n) is 14.2. The first kappa shape index (κ1) is 20.0. The topological polar surface area (TPSA) is 108 Å². The number of aromatic nitrogens is 4. The third kappa shape index (κ3) is 4.73. The maximum Gasteiger partial charge on any atom is 0.389 e. The third-order valence-electron chi connectivity index (χ3n) is 3.74. The predicted molar refractivity (Wildman–Crippen MR) is 103 cm³/mol. The van der Waals surface area contributed by atoms with Gasteiger partial charge in [-0.25, -0.2) is 4.39 Å². The van der Waals surface area contributed by atoms with E-state index in [2.05, 4.69) is 31.4 Å². The first-order valence-corrected chi connectivity index (χ1v) is 9.14. The maximum atomic E-state index is 13.9. The van der Waals surface area contributed by atoms with Gasteiger partial charge in [-0.05, 0) is 33.0 Å². The molecule has 0 saturated carbocycles. The molecule has 1 N–H and O–H groups in total. The number of amides is 1. The highest BCUT2D eigenvalue weighted by Crippen LogP contribution is 2.24. The van der Waals surface area contributed by atoms with Gasteiger partial charge in [-0.15, -0.1) is 0 Å². The highest BCUT2D eigenvalue weighted by molar-refractivity contribution is 9.10. The summed E-state index contributed by atoms with van der Waals surface area (Å²) in [6.07, 6.45) is 3.06. The second-order valence-corrected chi connectivity index (χ2v) is 6.98. The molecule has 9 nitrogen and oxygen atoms in total. The van der Waals surface area contributed by atoms with E-state index in [-0.39, 0.29) is 47.6 Å². The van der Waals surface area contributed by atoms with E-state index in [9.17, 15) is 19.3 Å². The van der Waals surface area contributed by atoms with Crippen LogP contribution in [0, 0.1) is 15.9 Å². The van der Waals surface area contributed by atoms with Crippen LogP contribution in [0.1, 0.15) is 12.0 Å². The Morgan fingerprint density at radius 3 is 2.79 bits per heavy atom. The second kappa shape index (κ2) is 8.48. The van der Waals surface area contributed by atoms with Gasteiger partial charge in [0.1, 0.15) is 5.82 Å². The molecule has 146 valence electrons. The molecule has 0 bridgehead atoms. The van der Waals surface area contributed by atoms with Crippen LogP contribution in [-0.2, 0) is 17.9 Å². The van der Waals surface area contributed by atoms with Gasteiger partial charge in [0.25, 0.3) is 0 Å². The van der Waals surface area contributed by atoms with Crippen molar-refractivity contribution in [1.82, 2.24) is 19.6 Å². The SMILES string of the molecule is O=C(CCn1ccc([N+](=O)[O-])n1)Nc1nn(Cc2c(F)cccc2Cl)cc1Br. The van der Waals surface area contributed by atoms with Gasteiger partial charge in [-0.3, -0.25) is 9.48 Å². The molecule has 3 rings (SSSR count). The number of nitrogens with one attached hydrogen (secondary N) is 1. The number of nitrogens with zero attached hydrogens (tertiary/aromatic N) is 5. The lowest BCUT2D eigenvalue weighted by Crippen LogP contribution is -2.16. The van der Waals surface area contributed by atoms with Crippen molar-refractivity contribution in [3.8, 4) is 0 Å². The van der Waals surface area contributed by atoms with Crippen LogP contribution in [-0.4, -0.2) is 30.4 Å². The van der Waals surface area contributed by atoms with E-state index in [1.54, 1.807) is 12.3 Å². The highest BCUT2D eigenvalue weighted by Gasteiger charge is 2.15. The Morgan fingerprint density at radius 1 is 1.32 bits per heavy atom. The van der Waals surface area contributed by atoms with E-state index >= 15 is 0 Å². The first-order chi connectivity index (χ1) is 13.3. The molecule has 1 aromatic carbocycles. The molecular weight excluding hydrogens is 459 g/mol. The molecule has 12 heteroatoms. The molecule has 0 aliphatic heterocycles. The number of halogens is 3. The van der Waals surface area contributed by atoms with Gasteiger partial charge in [0.15, 0.2) is 5.82 Å². The molecular formula is C16H13BrClFN6O3. The number of carbonyl (C=O) groups is 1. The summed E-state index contributed by atoms with van der Waals surface area (Å²) in [5.74, 6) is -0.816. The minimum atomic E-state index is -0.609. The molecule has 0 radical (unpaired) electrons. The van der Waals surface area contributed by atoms with Crippen molar-refractivity contribution in [3.05, 3.63) is 67.6 Å². The molecule has 0 spiro atoms. The minimum Gasteiger partial charge on any atom is -0.358 e. The van der Waals surface area contributed by atoms with Crippen molar-refractivity contribution >= 4 is 45.1 Å². The standard InChI is InChI=1S/C16H13BrClFN6O3/c17-11-9-24(8-10-12(18)2-1-3-13(10)19)22-16(11)20-15(26)5-7-23-6-4-14(21-23)25(27)28/h1-4,6,9H,5,7-8H2,(H,20,22,26). The van der Waals surface area contributed by atoms with E-state index in [1.807, 2.05) is 0 Å². The van der Waals surface area contributed by atoms with Gasteiger partial charge in [-0.2, -0.15) is 9.78 Å². The molecule has 0 atom stereocenters. The molecule has 3 aromatic rings. The van der Waals surface area contributed by atoms with Crippen molar-refractivity contribution in [1.29, 1.82) is 0 Å². The Labute approximate surface area is 171 Å². The van der Waals surface area contributed by atoms with Crippen LogP contribution >= 0.6 is 27.5 Å². The number of aryl methyl sites for hydroxylation is 1. The van der Waals surface area contributed by atoms with Crippen LogP contribution in [0.3, 0.4) is 0 Å². The van der Waals surface area contributed by atoms with E-state index < -0.39 is 10.7 Å². The van der Waals surface area contributed by atoms with Crippen molar-refractivity contribution in [2.24, 2.45) is 0 Å². The Balaban J connectivity index is 1.61. The monoisotopic (exact) mass is 470 g/mol. The number of benzene rings is 1. The molecule has 0 unspecified atom stereocenters. The largest absolute Gasteiger partial charge is 0.389 e. The van der Waals surface area contributed by atoms with Crippen LogP contribution in [0.25, 0.3) is 0 Å². The summed E-state index contributed by atoms with van der Waals surface area (Å²) in [5, 5.41) is 21.5. The van der Waals surface area contributed by atoms with Crippen molar-refractivity contribution in [2.45, 2.75) is 19.5 Å². The molecule has 28 heavy (non-hydrogen) atoms. The molecule has 2 heterocycles. The fraction of sp³-hybridized carbons (Fsp3) is 0.188. The lowest BCUT2D eigenvalue weighted by molar-refractivity contribution is -0.389. The molecule has 0 fully saturated rings. The zero-order chi connectivity index (χ0) is 20.3. The van der Waals surface area contributed by atoms with Gasteiger partial charge in [0, 0.05) is 23.2 Å². The number of anilines is 1. The highest BCUT2D eigenvalue weighted by atomic mass is 79.9. The molecule has 2 aromatic heterocycles. The number of carbonyl (C=O) groups excluding carboxylic acids is 1. The van der Waals surface area contributed by atoms with E-state index in [1.165, 1.54) is 33.8 Å². The van der Waals surface area contributed by atoms with Crippen LogP contribution in [0.4, 0.5) is 16.0 Å². The Morgan fingerprint density at radius 2 is 2.11 bits per heavy atom. The van der Waals surface area contributed by atoms with E-state index in [0.29, 0.717) is 4.47 Å². The average molecular weight is 472 g/mol. The van der Waals surface area contributed by atoms with E-state index in [4.69, 9.17) is 11.6 Å². The summed E-state index contributed by atoms with van der Waals surface area (Å²) in [6, 6.07) is 5.66. The van der Waals surface area contributed by atoms with Gasteiger partial charge < -0.3 is 15.4 Å². The van der Waals surface area contributed by atoms with Crippen molar-refractivity contribution < 1.29 is 14.1 Å². The number of nitro groups is 1. The lowest BCUT2D eigenvalue weighted by atomic mass is 10.2. The normalized spacial score (nSPS) is 10.8. The van der Waals surface area contributed by atoms with Gasteiger partial charge in [0.2, 0.25) is 5.91 Å². The van der Waals surface area contributed by atoms with E-state index in [0.717, 1.165) is 0 Å². The quantitative estimate of drug-likeness (QED) is 0.418. The summed E-state index contributed by atoms with van der Waals surface area (Å²) in [4.78, 5) is 22.1. The van der Waals surface area contributed by atoms with Gasteiger partial charge in [-0.1, -0.05) is 17.7 Å². The van der Waals surface area contributed by atoms with Crippen LogP contribution in [0.5, 0.6) is 0 Å². The first-order valence-electron chi connectivity index (χ1n) is 7.97. The fourth-order valence-electron chi connectivity index (χ4n) is 2.39. The second-order valence-electron chi connectivity index (χ2n) is 5.72. The average Bonchev–Trinajstić information content (AvgIpc) is 3.24. The zero-order valence-corrected chi connectivity index (χ0v) is 16.5. The fourth-order valence-corrected chi connectivity index (χ4v) is 3.03. The smallest absolute Gasteiger partial charge is 0.358 e.